The number of amides is 2. The summed E-state index contributed by atoms with van der Waals surface area (Å²) in [5.41, 5.74) is 2.89. The minimum absolute atomic E-state index is 0.0315. The minimum Gasteiger partial charge on any atom is -0.370 e. The van der Waals surface area contributed by atoms with Crippen LogP contribution in [-0.4, -0.2) is 58.9 Å². The van der Waals surface area contributed by atoms with Crippen LogP contribution in [0.2, 0.25) is 0 Å². The van der Waals surface area contributed by atoms with Gasteiger partial charge in [-0.3, -0.25) is 14.6 Å². The predicted molar refractivity (Wildman–Crippen MR) is 131 cm³/mol. The number of pyridine rings is 1. The van der Waals surface area contributed by atoms with Crippen molar-refractivity contribution in [2.75, 3.05) is 26.2 Å². The number of hydrogen-bond acceptors (Lipinski definition) is 4. The fraction of sp³-hybridized carbons (Fsp3) is 0.321. The first kappa shape index (κ1) is 24.5. The molecule has 0 saturated carbocycles. The van der Waals surface area contributed by atoms with E-state index in [9.17, 15) is 14.0 Å². The van der Waals surface area contributed by atoms with Gasteiger partial charge in [0.15, 0.2) is 0 Å². The van der Waals surface area contributed by atoms with Crippen molar-refractivity contribution in [3.8, 4) is 0 Å². The second-order valence-corrected chi connectivity index (χ2v) is 8.77. The third-order valence-electron chi connectivity index (χ3n) is 6.14. The van der Waals surface area contributed by atoms with Crippen molar-refractivity contribution >= 4 is 11.8 Å². The molecule has 6 nitrogen and oxygen atoms in total. The summed E-state index contributed by atoms with van der Waals surface area (Å²) < 4.78 is 19.7. The van der Waals surface area contributed by atoms with Crippen molar-refractivity contribution in [3.63, 3.8) is 0 Å². The number of benzene rings is 2. The van der Waals surface area contributed by atoms with Gasteiger partial charge in [0.05, 0.1) is 19.3 Å². The van der Waals surface area contributed by atoms with Crippen molar-refractivity contribution in [3.05, 3.63) is 102 Å². The van der Waals surface area contributed by atoms with E-state index < -0.39 is 0 Å². The number of aryl methyl sites for hydroxylation is 1. The Hall–Kier alpha value is -3.58. The summed E-state index contributed by atoms with van der Waals surface area (Å²) in [6, 6.07) is 20.0. The van der Waals surface area contributed by atoms with Gasteiger partial charge in [-0.05, 0) is 53.8 Å². The zero-order chi connectivity index (χ0) is 24.5. The Labute approximate surface area is 205 Å². The first-order valence-electron chi connectivity index (χ1n) is 11.9. The van der Waals surface area contributed by atoms with Gasteiger partial charge in [-0.1, -0.05) is 42.5 Å². The van der Waals surface area contributed by atoms with Crippen LogP contribution in [0, 0.1) is 5.82 Å². The van der Waals surface area contributed by atoms with Crippen molar-refractivity contribution in [2.24, 2.45) is 0 Å². The van der Waals surface area contributed by atoms with Gasteiger partial charge in [0.2, 0.25) is 11.8 Å². The molecule has 3 aromatic rings. The minimum atomic E-state index is -0.370. The van der Waals surface area contributed by atoms with Crippen LogP contribution in [-0.2, 0) is 33.8 Å². The van der Waals surface area contributed by atoms with Crippen LogP contribution in [0.5, 0.6) is 0 Å². The second-order valence-electron chi connectivity index (χ2n) is 8.77. The van der Waals surface area contributed by atoms with Crippen LogP contribution < -0.4 is 0 Å². The normalized spacial score (nSPS) is 16.3. The van der Waals surface area contributed by atoms with Gasteiger partial charge in [-0.25, -0.2) is 4.39 Å². The number of halogens is 1. The molecular weight excluding hydrogens is 445 g/mol. The largest absolute Gasteiger partial charge is 0.370 e. The van der Waals surface area contributed by atoms with Crippen molar-refractivity contribution in [1.29, 1.82) is 0 Å². The maximum atomic E-state index is 13.6. The molecule has 2 amide bonds. The van der Waals surface area contributed by atoms with Gasteiger partial charge in [-0.2, -0.15) is 0 Å². The summed E-state index contributed by atoms with van der Waals surface area (Å²) in [4.78, 5) is 33.5. The lowest BCUT2D eigenvalue weighted by Gasteiger charge is -2.25. The fourth-order valence-electron chi connectivity index (χ4n) is 4.20. The maximum absolute atomic E-state index is 13.6. The lowest BCUT2D eigenvalue weighted by atomic mass is 10.1. The Kier molecular flexibility index (Phi) is 8.57. The maximum Gasteiger partial charge on any atom is 0.242 e. The first-order valence-corrected chi connectivity index (χ1v) is 11.9. The summed E-state index contributed by atoms with van der Waals surface area (Å²) in [5.74, 6) is -0.492. The van der Waals surface area contributed by atoms with Crippen LogP contribution in [0.25, 0.3) is 0 Å². The van der Waals surface area contributed by atoms with Crippen LogP contribution in [0.4, 0.5) is 4.39 Å². The number of hydrogen-bond donors (Lipinski definition) is 0. The fourth-order valence-corrected chi connectivity index (χ4v) is 4.20. The molecule has 2 heterocycles. The molecule has 0 N–H and O–H groups in total. The molecule has 1 atom stereocenters. The number of carbonyl (C=O) groups is 2. The molecule has 0 spiro atoms. The summed E-state index contributed by atoms with van der Waals surface area (Å²) in [6.45, 7) is 1.49. The molecule has 2 aromatic carbocycles. The first-order chi connectivity index (χ1) is 17.1. The summed E-state index contributed by atoms with van der Waals surface area (Å²) in [6.07, 6.45) is 4.65. The van der Waals surface area contributed by atoms with E-state index >= 15 is 0 Å². The van der Waals surface area contributed by atoms with E-state index in [1.807, 2.05) is 42.5 Å². The van der Waals surface area contributed by atoms with E-state index in [4.69, 9.17) is 4.74 Å². The smallest absolute Gasteiger partial charge is 0.242 e. The molecular formula is C28H30FN3O3. The molecule has 1 saturated heterocycles. The van der Waals surface area contributed by atoms with Crippen LogP contribution in [0.3, 0.4) is 0 Å². The number of carbonyl (C=O) groups excluding carboxylic acids is 2. The topological polar surface area (TPSA) is 62.7 Å². The predicted octanol–water partition coefficient (Wildman–Crippen LogP) is 3.65. The molecule has 7 heteroatoms. The Morgan fingerprint density at radius 2 is 1.69 bits per heavy atom. The van der Waals surface area contributed by atoms with Crippen molar-refractivity contribution < 1.29 is 18.7 Å². The molecule has 0 aliphatic carbocycles. The van der Waals surface area contributed by atoms with Crippen LogP contribution in [0.15, 0.2) is 79.1 Å². The highest BCUT2D eigenvalue weighted by Crippen LogP contribution is 2.15. The molecule has 35 heavy (non-hydrogen) atoms. The number of rotatable bonds is 9. The standard InChI is InChI=1S/C28H30FN3O3/c29-25-8-4-7-24(17-25)21-35-26-18-31(16-13-22-5-2-1-3-6-22)28(34)20-32(19-26)27(33)10-9-23-11-14-30-15-12-23/h1-8,11-12,14-15,17,26H,9-10,13,16,18-21H2/t26-/m0/s1. The lowest BCUT2D eigenvalue weighted by Crippen LogP contribution is -2.40. The molecule has 182 valence electrons. The Morgan fingerprint density at radius 1 is 0.943 bits per heavy atom. The molecule has 1 aliphatic rings. The number of ether oxygens (including phenoxy) is 1. The quantitative estimate of drug-likeness (QED) is 0.474. The highest BCUT2D eigenvalue weighted by molar-refractivity contribution is 5.85. The van der Waals surface area contributed by atoms with Crippen LogP contribution >= 0.6 is 0 Å². The van der Waals surface area contributed by atoms with E-state index in [-0.39, 0.29) is 36.9 Å². The Bertz CT molecular complexity index is 1110. The zero-order valence-corrected chi connectivity index (χ0v) is 19.7. The SMILES string of the molecule is O=C1CN(C(=O)CCc2ccncc2)C[C@@H](OCc2cccc(F)c2)CN1CCc1ccccc1. The van der Waals surface area contributed by atoms with Crippen molar-refractivity contribution in [2.45, 2.75) is 32.0 Å². The van der Waals surface area contributed by atoms with E-state index in [1.165, 1.54) is 12.1 Å². The van der Waals surface area contributed by atoms with Gasteiger partial charge < -0.3 is 14.5 Å². The third-order valence-corrected chi connectivity index (χ3v) is 6.14. The van der Waals surface area contributed by atoms with Gasteiger partial charge in [0.25, 0.3) is 0 Å². The van der Waals surface area contributed by atoms with E-state index in [0.717, 1.165) is 17.5 Å². The average molecular weight is 476 g/mol. The molecule has 1 aliphatic heterocycles. The molecule has 1 aromatic heterocycles. The monoisotopic (exact) mass is 475 g/mol. The molecule has 4 rings (SSSR count). The summed E-state index contributed by atoms with van der Waals surface area (Å²) in [7, 11) is 0. The highest BCUT2D eigenvalue weighted by atomic mass is 19.1. The second kappa shape index (κ2) is 12.2. The zero-order valence-electron chi connectivity index (χ0n) is 19.7. The third kappa shape index (κ3) is 7.45. The van der Waals surface area contributed by atoms with Gasteiger partial charge in [0, 0.05) is 38.4 Å². The molecule has 0 unspecified atom stereocenters. The Balaban J connectivity index is 1.43. The summed E-state index contributed by atoms with van der Waals surface area (Å²) in [5, 5.41) is 0. The number of nitrogens with zero attached hydrogens (tertiary/aromatic N) is 3. The summed E-state index contributed by atoms with van der Waals surface area (Å²) >= 11 is 0. The average Bonchev–Trinajstić information content (AvgIpc) is 3.04. The van der Waals surface area contributed by atoms with Gasteiger partial charge >= 0.3 is 0 Å². The molecule has 0 bridgehead atoms. The highest BCUT2D eigenvalue weighted by Gasteiger charge is 2.30. The van der Waals surface area contributed by atoms with E-state index in [2.05, 4.69) is 4.98 Å². The van der Waals surface area contributed by atoms with Gasteiger partial charge in [0.1, 0.15) is 5.82 Å². The molecule has 1 fully saturated rings. The van der Waals surface area contributed by atoms with E-state index in [1.54, 1.807) is 34.3 Å². The molecule has 0 radical (unpaired) electrons. The van der Waals surface area contributed by atoms with Crippen LogP contribution in [0.1, 0.15) is 23.1 Å². The number of aromatic nitrogens is 1. The van der Waals surface area contributed by atoms with Gasteiger partial charge in [-0.15, -0.1) is 0 Å². The Morgan fingerprint density at radius 3 is 2.46 bits per heavy atom. The lowest BCUT2D eigenvalue weighted by molar-refractivity contribution is -0.138. The van der Waals surface area contributed by atoms with E-state index in [0.29, 0.717) is 38.0 Å². The van der Waals surface area contributed by atoms with Crippen molar-refractivity contribution in [1.82, 2.24) is 14.8 Å².